The third-order valence-corrected chi connectivity index (χ3v) is 3.41. The van der Waals surface area contributed by atoms with Gasteiger partial charge < -0.3 is 0 Å². The molecule has 0 saturated carbocycles. The van der Waals surface area contributed by atoms with Crippen molar-refractivity contribution in [3.05, 3.63) is 63.7 Å². The first-order valence-corrected chi connectivity index (χ1v) is 7.10. The van der Waals surface area contributed by atoms with Crippen molar-refractivity contribution in [3.63, 3.8) is 0 Å². The molecular weight excluding hydrogens is 310 g/mol. The lowest BCUT2D eigenvalue weighted by Crippen LogP contribution is -2.02. The van der Waals surface area contributed by atoms with Crippen LogP contribution in [0.3, 0.4) is 0 Å². The molecule has 0 aliphatic carbocycles. The maximum atomic E-state index is 11.4. The molecule has 24 heavy (non-hydrogen) atoms. The first-order valence-electron chi connectivity index (χ1n) is 7.10. The van der Waals surface area contributed by atoms with Crippen LogP contribution in [0.25, 0.3) is 17.1 Å². The minimum Gasteiger partial charge on any atom is -0.298 e. The number of nitrogens with zero attached hydrogens (tertiary/aromatic N) is 5. The van der Waals surface area contributed by atoms with E-state index in [9.17, 15) is 14.9 Å². The molecule has 3 rings (SSSR count). The van der Waals surface area contributed by atoms with E-state index in [2.05, 4.69) is 15.1 Å². The number of aryl methyl sites for hydroxylation is 2. The van der Waals surface area contributed by atoms with Gasteiger partial charge in [0.25, 0.3) is 5.69 Å². The van der Waals surface area contributed by atoms with E-state index in [1.54, 1.807) is 31.3 Å². The topological polar surface area (TPSA) is 104 Å². The van der Waals surface area contributed by atoms with Crippen molar-refractivity contribution in [2.45, 2.75) is 13.8 Å². The van der Waals surface area contributed by atoms with Crippen LogP contribution in [0.4, 0.5) is 5.69 Å². The number of rotatable bonds is 4. The molecule has 8 heteroatoms. The zero-order valence-electron chi connectivity index (χ0n) is 13.0. The molecule has 0 aliphatic heterocycles. The van der Waals surface area contributed by atoms with Gasteiger partial charge in [-0.15, -0.1) is 0 Å². The number of non-ortho nitro benzene ring substituents is 1. The van der Waals surface area contributed by atoms with Crippen molar-refractivity contribution < 1.29 is 9.72 Å². The lowest BCUT2D eigenvalue weighted by molar-refractivity contribution is -0.384. The number of aldehydes is 1. The Balaban J connectivity index is 2.07. The third-order valence-electron chi connectivity index (χ3n) is 3.41. The zero-order chi connectivity index (χ0) is 17.3. The summed E-state index contributed by atoms with van der Waals surface area (Å²) in [5.41, 5.74) is 2.20. The summed E-state index contributed by atoms with van der Waals surface area (Å²) in [5.74, 6) is 1.15. The van der Waals surface area contributed by atoms with Crippen molar-refractivity contribution in [1.82, 2.24) is 19.7 Å². The van der Waals surface area contributed by atoms with Crippen molar-refractivity contribution in [2.24, 2.45) is 0 Å². The van der Waals surface area contributed by atoms with Crippen LogP contribution in [0.5, 0.6) is 0 Å². The number of carbonyl (C=O) groups excluding carboxylic acids is 1. The first kappa shape index (κ1) is 15.5. The van der Waals surface area contributed by atoms with E-state index in [4.69, 9.17) is 0 Å². The molecule has 0 amide bonds. The Morgan fingerprint density at radius 1 is 1.17 bits per heavy atom. The average Bonchev–Trinajstić information content (AvgIpc) is 2.98. The summed E-state index contributed by atoms with van der Waals surface area (Å²) in [5, 5.41) is 15.1. The summed E-state index contributed by atoms with van der Waals surface area (Å²) < 4.78 is 1.50. The summed E-state index contributed by atoms with van der Waals surface area (Å²) in [6.07, 6.45) is 2.27. The van der Waals surface area contributed by atoms with E-state index in [0.717, 1.165) is 5.69 Å². The molecule has 3 aromatic rings. The van der Waals surface area contributed by atoms with Gasteiger partial charge in [0.15, 0.2) is 12.1 Å². The molecule has 0 fully saturated rings. The maximum Gasteiger partial charge on any atom is 0.269 e. The molecule has 0 atom stereocenters. The Morgan fingerprint density at radius 2 is 1.88 bits per heavy atom. The quantitative estimate of drug-likeness (QED) is 0.415. The highest BCUT2D eigenvalue weighted by Crippen LogP contribution is 2.24. The van der Waals surface area contributed by atoms with Gasteiger partial charge in [0.2, 0.25) is 0 Å². The molecule has 8 nitrogen and oxygen atoms in total. The van der Waals surface area contributed by atoms with E-state index < -0.39 is 4.92 Å². The number of hydrogen-bond acceptors (Lipinski definition) is 6. The predicted molar refractivity (Wildman–Crippen MR) is 86.1 cm³/mol. The van der Waals surface area contributed by atoms with Gasteiger partial charge in [-0.1, -0.05) is 0 Å². The number of hydrogen-bond donors (Lipinski definition) is 0. The molecule has 0 aliphatic rings. The van der Waals surface area contributed by atoms with E-state index in [0.29, 0.717) is 34.7 Å². The molecule has 2 aromatic heterocycles. The monoisotopic (exact) mass is 323 g/mol. The molecule has 0 spiro atoms. The van der Waals surface area contributed by atoms with Crippen LogP contribution in [0.1, 0.15) is 21.9 Å². The van der Waals surface area contributed by atoms with Gasteiger partial charge >= 0.3 is 0 Å². The summed E-state index contributed by atoms with van der Waals surface area (Å²) in [6, 6.07) is 7.64. The zero-order valence-corrected chi connectivity index (χ0v) is 13.0. The van der Waals surface area contributed by atoms with Crippen LogP contribution in [0, 0.1) is 24.0 Å². The number of aromatic nitrogens is 4. The Bertz CT molecular complexity index is 911. The second-order valence-electron chi connectivity index (χ2n) is 5.21. The maximum absolute atomic E-state index is 11.4. The third kappa shape index (κ3) is 2.89. The molecule has 2 heterocycles. The fourth-order valence-corrected chi connectivity index (χ4v) is 2.37. The van der Waals surface area contributed by atoms with Gasteiger partial charge in [0.05, 0.1) is 10.5 Å². The first-order chi connectivity index (χ1) is 11.5. The van der Waals surface area contributed by atoms with Gasteiger partial charge in [-0.25, -0.2) is 14.6 Å². The molecule has 1 aromatic carbocycles. The largest absolute Gasteiger partial charge is 0.298 e. The van der Waals surface area contributed by atoms with Crippen LogP contribution in [0.2, 0.25) is 0 Å². The van der Waals surface area contributed by atoms with Crippen LogP contribution in [-0.2, 0) is 0 Å². The molecule has 0 saturated heterocycles. The minimum atomic E-state index is -0.477. The van der Waals surface area contributed by atoms with Crippen molar-refractivity contribution >= 4 is 12.0 Å². The fourth-order valence-electron chi connectivity index (χ4n) is 2.37. The second kappa shape index (κ2) is 5.99. The molecule has 0 bridgehead atoms. The molecule has 0 unspecified atom stereocenters. The standard InChI is InChI=1S/C16H13N5O3/c1-10-7-15(18-11(2)17-10)20-8-13(9-22)16(19-20)12-3-5-14(6-4-12)21(23)24/h3-9H,1-2H3. The molecule has 120 valence electrons. The molecular formula is C16H13N5O3. The van der Waals surface area contributed by atoms with Gasteiger partial charge in [-0.3, -0.25) is 14.9 Å². The summed E-state index contributed by atoms with van der Waals surface area (Å²) in [4.78, 5) is 30.1. The average molecular weight is 323 g/mol. The Morgan fingerprint density at radius 3 is 2.46 bits per heavy atom. The van der Waals surface area contributed by atoms with Gasteiger partial charge in [0.1, 0.15) is 11.5 Å². The van der Waals surface area contributed by atoms with Crippen LogP contribution < -0.4 is 0 Å². The van der Waals surface area contributed by atoms with E-state index in [1.807, 2.05) is 6.92 Å². The highest BCUT2D eigenvalue weighted by molar-refractivity contribution is 5.85. The van der Waals surface area contributed by atoms with Gasteiger partial charge in [0, 0.05) is 35.7 Å². The Kier molecular flexibility index (Phi) is 3.87. The smallest absolute Gasteiger partial charge is 0.269 e. The van der Waals surface area contributed by atoms with Crippen molar-refractivity contribution in [1.29, 1.82) is 0 Å². The Labute approximate surface area is 137 Å². The highest BCUT2D eigenvalue weighted by atomic mass is 16.6. The lowest BCUT2D eigenvalue weighted by atomic mass is 10.1. The summed E-state index contributed by atoms with van der Waals surface area (Å²) in [6.45, 7) is 3.62. The van der Waals surface area contributed by atoms with Crippen molar-refractivity contribution in [3.8, 4) is 17.1 Å². The summed E-state index contributed by atoms with van der Waals surface area (Å²) >= 11 is 0. The molecule has 0 N–H and O–H groups in total. The minimum absolute atomic E-state index is 0.0205. The number of nitro benzene ring substituents is 1. The second-order valence-corrected chi connectivity index (χ2v) is 5.21. The molecule has 0 radical (unpaired) electrons. The van der Waals surface area contributed by atoms with Crippen LogP contribution in [0.15, 0.2) is 36.5 Å². The fraction of sp³-hybridized carbons (Fsp3) is 0.125. The normalized spacial score (nSPS) is 10.6. The van der Waals surface area contributed by atoms with E-state index >= 15 is 0 Å². The highest BCUT2D eigenvalue weighted by Gasteiger charge is 2.14. The number of nitro groups is 1. The summed E-state index contributed by atoms with van der Waals surface area (Å²) in [7, 11) is 0. The van der Waals surface area contributed by atoms with E-state index in [-0.39, 0.29) is 5.69 Å². The Hall–Kier alpha value is -3.42. The predicted octanol–water partition coefficient (Wildman–Crippen LogP) is 2.67. The SMILES string of the molecule is Cc1cc(-n2cc(C=O)c(-c3ccc([N+](=O)[O-])cc3)n2)nc(C)n1. The lowest BCUT2D eigenvalue weighted by Gasteiger charge is -2.03. The number of carbonyl (C=O) groups is 1. The number of benzene rings is 1. The van der Waals surface area contributed by atoms with Gasteiger partial charge in [-0.05, 0) is 26.0 Å². The van der Waals surface area contributed by atoms with E-state index in [1.165, 1.54) is 16.8 Å². The van der Waals surface area contributed by atoms with Gasteiger partial charge in [-0.2, -0.15) is 5.10 Å². The van der Waals surface area contributed by atoms with Crippen LogP contribution in [-0.4, -0.2) is 31.0 Å². The van der Waals surface area contributed by atoms with Crippen LogP contribution >= 0.6 is 0 Å². The van der Waals surface area contributed by atoms with Crippen molar-refractivity contribution in [2.75, 3.05) is 0 Å².